The van der Waals surface area contributed by atoms with Crippen molar-refractivity contribution in [3.63, 3.8) is 0 Å². The standard InChI is InChI=1S/C12H19N3O3S.ClH/c13-8-4-7-12(16)14-9-10-15-19(17,18)11-5-2-1-3-6-11;/h1-3,5-6,15H,4,7-10,13H2,(H,14,16);1H. The van der Waals surface area contributed by atoms with E-state index in [1.807, 2.05) is 0 Å². The van der Waals surface area contributed by atoms with Crippen LogP contribution in [0, 0.1) is 0 Å². The summed E-state index contributed by atoms with van der Waals surface area (Å²) in [6.07, 6.45) is 0.990. The van der Waals surface area contributed by atoms with Gasteiger partial charge in [-0.2, -0.15) is 0 Å². The Morgan fingerprint density at radius 1 is 1.15 bits per heavy atom. The average Bonchev–Trinajstić information content (AvgIpc) is 2.42. The maximum absolute atomic E-state index is 11.8. The van der Waals surface area contributed by atoms with Gasteiger partial charge < -0.3 is 11.1 Å². The molecule has 20 heavy (non-hydrogen) atoms. The lowest BCUT2D eigenvalue weighted by molar-refractivity contribution is -0.121. The number of sulfonamides is 1. The molecule has 4 N–H and O–H groups in total. The van der Waals surface area contributed by atoms with E-state index in [9.17, 15) is 13.2 Å². The maximum Gasteiger partial charge on any atom is 0.240 e. The lowest BCUT2D eigenvalue weighted by atomic mass is 10.3. The third-order valence-electron chi connectivity index (χ3n) is 2.40. The number of nitrogens with two attached hydrogens (primary N) is 1. The van der Waals surface area contributed by atoms with Gasteiger partial charge in [0.25, 0.3) is 0 Å². The van der Waals surface area contributed by atoms with Gasteiger partial charge in [-0.15, -0.1) is 12.4 Å². The molecule has 0 aliphatic rings. The van der Waals surface area contributed by atoms with Crippen LogP contribution in [0.5, 0.6) is 0 Å². The summed E-state index contributed by atoms with van der Waals surface area (Å²) in [5, 5.41) is 2.62. The van der Waals surface area contributed by atoms with E-state index < -0.39 is 10.0 Å². The largest absolute Gasteiger partial charge is 0.355 e. The van der Waals surface area contributed by atoms with Crippen LogP contribution in [-0.4, -0.2) is 34.0 Å². The zero-order chi connectivity index (χ0) is 14.1. The zero-order valence-corrected chi connectivity index (χ0v) is 12.7. The van der Waals surface area contributed by atoms with E-state index in [1.54, 1.807) is 18.2 Å². The molecule has 0 heterocycles. The lowest BCUT2D eigenvalue weighted by Crippen LogP contribution is -2.34. The van der Waals surface area contributed by atoms with Gasteiger partial charge in [0.1, 0.15) is 0 Å². The lowest BCUT2D eigenvalue weighted by Gasteiger charge is -2.07. The quantitative estimate of drug-likeness (QED) is 0.597. The molecule has 0 aliphatic heterocycles. The van der Waals surface area contributed by atoms with E-state index in [-0.39, 0.29) is 36.3 Å². The van der Waals surface area contributed by atoms with Gasteiger partial charge in [0.15, 0.2) is 0 Å². The Kier molecular flexibility index (Phi) is 9.15. The van der Waals surface area contributed by atoms with Crippen LogP contribution in [0.2, 0.25) is 0 Å². The van der Waals surface area contributed by atoms with Gasteiger partial charge in [0, 0.05) is 19.5 Å². The van der Waals surface area contributed by atoms with Crippen molar-refractivity contribution < 1.29 is 13.2 Å². The molecular weight excluding hydrogens is 302 g/mol. The number of nitrogens with one attached hydrogen (secondary N) is 2. The predicted molar refractivity (Wildman–Crippen MR) is 80.2 cm³/mol. The van der Waals surface area contributed by atoms with Crippen molar-refractivity contribution in [2.75, 3.05) is 19.6 Å². The number of amides is 1. The molecule has 0 bridgehead atoms. The maximum atomic E-state index is 11.8. The fourth-order valence-corrected chi connectivity index (χ4v) is 2.47. The van der Waals surface area contributed by atoms with Gasteiger partial charge >= 0.3 is 0 Å². The molecule has 0 aromatic heterocycles. The van der Waals surface area contributed by atoms with Gasteiger partial charge in [-0.1, -0.05) is 18.2 Å². The van der Waals surface area contributed by atoms with E-state index in [0.717, 1.165) is 0 Å². The molecule has 8 heteroatoms. The first kappa shape index (κ1) is 18.9. The van der Waals surface area contributed by atoms with Crippen LogP contribution in [0.15, 0.2) is 35.2 Å². The molecule has 0 saturated heterocycles. The van der Waals surface area contributed by atoms with Crippen molar-refractivity contribution in [1.29, 1.82) is 0 Å². The number of carbonyl (C=O) groups is 1. The highest BCUT2D eigenvalue weighted by molar-refractivity contribution is 7.89. The Balaban J connectivity index is 0.00000361. The van der Waals surface area contributed by atoms with Crippen molar-refractivity contribution in [2.45, 2.75) is 17.7 Å². The highest BCUT2D eigenvalue weighted by Gasteiger charge is 2.12. The van der Waals surface area contributed by atoms with Crippen molar-refractivity contribution in [2.24, 2.45) is 5.73 Å². The summed E-state index contributed by atoms with van der Waals surface area (Å²) in [4.78, 5) is 11.5. The zero-order valence-electron chi connectivity index (χ0n) is 11.0. The van der Waals surface area contributed by atoms with Crippen molar-refractivity contribution in [1.82, 2.24) is 10.0 Å². The molecule has 0 fully saturated rings. The predicted octanol–water partition coefficient (Wildman–Crippen LogP) is 0.242. The monoisotopic (exact) mass is 321 g/mol. The summed E-state index contributed by atoms with van der Waals surface area (Å²) < 4.78 is 26.0. The van der Waals surface area contributed by atoms with Crippen LogP contribution >= 0.6 is 12.4 Å². The van der Waals surface area contributed by atoms with Gasteiger partial charge in [-0.3, -0.25) is 4.79 Å². The Labute approximate surface area is 125 Å². The molecule has 0 radical (unpaired) electrons. The summed E-state index contributed by atoms with van der Waals surface area (Å²) >= 11 is 0. The third-order valence-corrected chi connectivity index (χ3v) is 3.88. The molecule has 6 nitrogen and oxygen atoms in total. The minimum atomic E-state index is -3.50. The molecule has 1 aromatic rings. The second-order valence-electron chi connectivity index (χ2n) is 3.95. The van der Waals surface area contributed by atoms with Gasteiger partial charge in [0.2, 0.25) is 15.9 Å². The highest BCUT2D eigenvalue weighted by Crippen LogP contribution is 2.06. The second kappa shape index (κ2) is 9.71. The van der Waals surface area contributed by atoms with Crippen LogP contribution in [0.3, 0.4) is 0 Å². The number of hydrogen-bond donors (Lipinski definition) is 3. The van der Waals surface area contributed by atoms with Gasteiger partial charge in [-0.25, -0.2) is 13.1 Å². The van der Waals surface area contributed by atoms with E-state index in [0.29, 0.717) is 19.4 Å². The van der Waals surface area contributed by atoms with Crippen LogP contribution in [-0.2, 0) is 14.8 Å². The summed E-state index contributed by atoms with van der Waals surface area (Å²) in [7, 11) is -3.50. The number of hydrogen-bond acceptors (Lipinski definition) is 4. The number of carbonyl (C=O) groups excluding carboxylic acids is 1. The fourth-order valence-electron chi connectivity index (χ4n) is 1.42. The van der Waals surface area contributed by atoms with E-state index in [4.69, 9.17) is 5.73 Å². The van der Waals surface area contributed by atoms with Crippen LogP contribution in [0.4, 0.5) is 0 Å². The molecule has 114 valence electrons. The normalized spacial score (nSPS) is 10.7. The Bertz CT molecular complexity index is 494. The SMILES string of the molecule is Cl.NCCCC(=O)NCCNS(=O)(=O)c1ccccc1. The molecule has 0 saturated carbocycles. The Hall–Kier alpha value is -1.15. The second-order valence-corrected chi connectivity index (χ2v) is 5.72. The van der Waals surface area contributed by atoms with Crippen LogP contribution in [0.1, 0.15) is 12.8 Å². The molecule has 0 aliphatic carbocycles. The number of benzene rings is 1. The summed E-state index contributed by atoms with van der Waals surface area (Å²) in [5.41, 5.74) is 5.28. The highest BCUT2D eigenvalue weighted by atomic mass is 35.5. The van der Waals surface area contributed by atoms with Crippen molar-refractivity contribution >= 4 is 28.3 Å². The summed E-state index contributed by atoms with van der Waals surface area (Å²) in [6, 6.07) is 8.09. The number of halogens is 1. The first-order chi connectivity index (χ1) is 9.06. The molecule has 1 aromatic carbocycles. The molecule has 1 rings (SSSR count). The van der Waals surface area contributed by atoms with Crippen LogP contribution < -0.4 is 15.8 Å². The molecule has 1 amide bonds. The fraction of sp³-hybridized carbons (Fsp3) is 0.417. The summed E-state index contributed by atoms with van der Waals surface area (Å²) in [5.74, 6) is -0.121. The van der Waals surface area contributed by atoms with E-state index in [2.05, 4.69) is 10.0 Å². The molecule has 0 unspecified atom stereocenters. The summed E-state index contributed by atoms with van der Waals surface area (Å²) in [6.45, 7) is 0.884. The third kappa shape index (κ3) is 6.85. The molecule has 0 atom stereocenters. The Morgan fingerprint density at radius 3 is 2.40 bits per heavy atom. The average molecular weight is 322 g/mol. The Morgan fingerprint density at radius 2 is 1.80 bits per heavy atom. The van der Waals surface area contributed by atoms with E-state index in [1.165, 1.54) is 12.1 Å². The van der Waals surface area contributed by atoms with Gasteiger partial charge in [-0.05, 0) is 25.1 Å². The van der Waals surface area contributed by atoms with Crippen molar-refractivity contribution in [3.05, 3.63) is 30.3 Å². The van der Waals surface area contributed by atoms with E-state index >= 15 is 0 Å². The van der Waals surface area contributed by atoms with Crippen molar-refractivity contribution in [3.8, 4) is 0 Å². The smallest absolute Gasteiger partial charge is 0.240 e. The minimum absolute atomic E-state index is 0. The van der Waals surface area contributed by atoms with Gasteiger partial charge in [0.05, 0.1) is 4.90 Å². The molecular formula is C12H20ClN3O3S. The molecule has 0 spiro atoms. The topological polar surface area (TPSA) is 101 Å². The number of rotatable bonds is 8. The first-order valence-corrected chi connectivity index (χ1v) is 7.56. The van der Waals surface area contributed by atoms with Crippen LogP contribution in [0.25, 0.3) is 0 Å². The minimum Gasteiger partial charge on any atom is -0.355 e. The first-order valence-electron chi connectivity index (χ1n) is 6.08.